The largest absolute Gasteiger partial charge is 0.340 e. The van der Waals surface area contributed by atoms with Crippen LogP contribution >= 0.6 is 0 Å². The second-order valence-corrected chi connectivity index (χ2v) is 4.72. The zero-order chi connectivity index (χ0) is 12.0. The normalized spacial score (nSPS) is 18.1. The minimum atomic E-state index is 0.318. The SMILES string of the molecule is CNCCCC(=O)N1CCN(C(C)C)CC1. The number of piperazine rings is 1. The van der Waals surface area contributed by atoms with E-state index in [4.69, 9.17) is 0 Å². The number of hydrogen-bond acceptors (Lipinski definition) is 3. The molecule has 0 radical (unpaired) electrons. The molecular formula is C12H25N3O. The standard InChI is InChI=1S/C12H25N3O/c1-11(2)14-7-9-15(10-8-14)12(16)5-4-6-13-3/h11,13H,4-10H2,1-3H3. The van der Waals surface area contributed by atoms with Gasteiger partial charge in [-0.25, -0.2) is 0 Å². The minimum Gasteiger partial charge on any atom is -0.340 e. The molecular weight excluding hydrogens is 202 g/mol. The highest BCUT2D eigenvalue weighted by Crippen LogP contribution is 2.07. The summed E-state index contributed by atoms with van der Waals surface area (Å²) in [6.45, 7) is 9.20. The maximum absolute atomic E-state index is 11.8. The van der Waals surface area contributed by atoms with E-state index in [1.807, 2.05) is 11.9 Å². The molecule has 4 nitrogen and oxygen atoms in total. The lowest BCUT2D eigenvalue weighted by atomic mass is 10.2. The van der Waals surface area contributed by atoms with Crippen LogP contribution in [0.5, 0.6) is 0 Å². The Bertz CT molecular complexity index is 210. The highest BCUT2D eigenvalue weighted by molar-refractivity contribution is 5.76. The third-order valence-electron chi connectivity index (χ3n) is 3.21. The van der Waals surface area contributed by atoms with Crippen molar-refractivity contribution in [2.75, 3.05) is 39.8 Å². The molecule has 0 aromatic rings. The summed E-state index contributed by atoms with van der Waals surface area (Å²) in [5.74, 6) is 0.318. The van der Waals surface area contributed by atoms with Crippen LogP contribution in [0.15, 0.2) is 0 Å². The van der Waals surface area contributed by atoms with E-state index in [-0.39, 0.29) is 0 Å². The van der Waals surface area contributed by atoms with Gasteiger partial charge in [0.15, 0.2) is 0 Å². The van der Waals surface area contributed by atoms with Gasteiger partial charge in [-0.05, 0) is 33.9 Å². The molecule has 0 saturated carbocycles. The summed E-state index contributed by atoms with van der Waals surface area (Å²) >= 11 is 0. The Labute approximate surface area is 99.0 Å². The predicted octanol–water partition coefficient (Wildman–Crippen LogP) is 0.539. The second-order valence-electron chi connectivity index (χ2n) is 4.72. The lowest BCUT2D eigenvalue weighted by molar-refractivity contribution is -0.133. The lowest BCUT2D eigenvalue weighted by Crippen LogP contribution is -2.50. The molecule has 1 saturated heterocycles. The Hall–Kier alpha value is -0.610. The first kappa shape index (κ1) is 13.5. The van der Waals surface area contributed by atoms with E-state index in [2.05, 4.69) is 24.1 Å². The second kappa shape index (κ2) is 6.86. The molecule has 1 aliphatic heterocycles. The first-order valence-electron chi connectivity index (χ1n) is 6.31. The van der Waals surface area contributed by atoms with Crippen LogP contribution < -0.4 is 5.32 Å². The first-order chi connectivity index (χ1) is 7.65. The monoisotopic (exact) mass is 227 g/mol. The van der Waals surface area contributed by atoms with E-state index in [1.165, 1.54) is 0 Å². The van der Waals surface area contributed by atoms with Crippen LogP contribution in [-0.2, 0) is 4.79 Å². The van der Waals surface area contributed by atoms with E-state index in [9.17, 15) is 4.79 Å². The third-order valence-corrected chi connectivity index (χ3v) is 3.21. The summed E-state index contributed by atoms with van der Waals surface area (Å²) in [5, 5.41) is 3.07. The topological polar surface area (TPSA) is 35.6 Å². The molecule has 1 heterocycles. The van der Waals surface area contributed by atoms with E-state index in [0.717, 1.165) is 39.1 Å². The number of nitrogens with zero attached hydrogens (tertiary/aromatic N) is 2. The zero-order valence-electron chi connectivity index (χ0n) is 10.8. The molecule has 4 heteroatoms. The van der Waals surface area contributed by atoms with Crippen LogP contribution in [0, 0.1) is 0 Å². The summed E-state index contributed by atoms with van der Waals surface area (Å²) in [6.07, 6.45) is 1.63. The fourth-order valence-electron chi connectivity index (χ4n) is 2.06. The molecule has 1 aliphatic rings. The number of amides is 1. The average molecular weight is 227 g/mol. The molecule has 0 spiro atoms. The van der Waals surface area contributed by atoms with Gasteiger partial charge in [-0.1, -0.05) is 0 Å². The van der Waals surface area contributed by atoms with Gasteiger partial charge in [0, 0.05) is 38.6 Å². The maximum Gasteiger partial charge on any atom is 0.222 e. The summed E-state index contributed by atoms with van der Waals surface area (Å²) in [5.41, 5.74) is 0. The van der Waals surface area contributed by atoms with Crippen molar-refractivity contribution in [3.63, 3.8) is 0 Å². The van der Waals surface area contributed by atoms with Crippen molar-refractivity contribution in [1.29, 1.82) is 0 Å². The van der Waals surface area contributed by atoms with Crippen LogP contribution in [-0.4, -0.2) is 61.5 Å². The van der Waals surface area contributed by atoms with Crippen molar-refractivity contribution in [3.8, 4) is 0 Å². The van der Waals surface area contributed by atoms with Crippen molar-refractivity contribution < 1.29 is 4.79 Å². The molecule has 16 heavy (non-hydrogen) atoms. The van der Waals surface area contributed by atoms with Gasteiger partial charge >= 0.3 is 0 Å². The van der Waals surface area contributed by atoms with Gasteiger partial charge in [0.2, 0.25) is 5.91 Å². The van der Waals surface area contributed by atoms with Gasteiger partial charge in [-0.15, -0.1) is 0 Å². The smallest absolute Gasteiger partial charge is 0.222 e. The molecule has 0 aliphatic carbocycles. The Morgan fingerprint density at radius 2 is 1.88 bits per heavy atom. The van der Waals surface area contributed by atoms with Crippen LogP contribution in [0.25, 0.3) is 0 Å². The van der Waals surface area contributed by atoms with Gasteiger partial charge in [0.25, 0.3) is 0 Å². The minimum absolute atomic E-state index is 0.318. The van der Waals surface area contributed by atoms with Gasteiger partial charge in [-0.2, -0.15) is 0 Å². The van der Waals surface area contributed by atoms with Gasteiger partial charge in [0.05, 0.1) is 0 Å². The van der Waals surface area contributed by atoms with E-state index < -0.39 is 0 Å². The van der Waals surface area contributed by atoms with E-state index in [1.54, 1.807) is 0 Å². The Kier molecular flexibility index (Phi) is 5.77. The molecule has 1 rings (SSSR count). The van der Waals surface area contributed by atoms with Gasteiger partial charge in [-0.3, -0.25) is 9.69 Å². The van der Waals surface area contributed by atoms with Crippen molar-refractivity contribution in [3.05, 3.63) is 0 Å². The highest BCUT2D eigenvalue weighted by atomic mass is 16.2. The van der Waals surface area contributed by atoms with E-state index in [0.29, 0.717) is 18.4 Å². The number of hydrogen-bond donors (Lipinski definition) is 1. The van der Waals surface area contributed by atoms with Gasteiger partial charge < -0.3 is 10.2 Å². The van der Waals surface area contributed by atoms with Crippen molar-refractivity contribution in [2.24, 2.45) is 0 Å². The third kappa shape index (κ3) is 4.10. The summed E-state index contributed by atoms with van der Waals surface area (Å²) in [7, 11) is 1.92. The number of carbonyl (C=O) groups excluding carboxylic acids is 1. The molecule has 0 aromatic carbocycles. The summed E-state index contributed by atoms with van der Waals surface area (Å²) in [6, 6.07) is 0.599. The Morgan fingerprint density at radius 1 is 1.25 bits per heavy atom. The molecule has 0 atom stereocenters. The Morgan fingerprint density at radius 3 is 2.38 bits per heavy atom. The maximum atomic E-state index is 11.8. The fraction of sp³-hybridized carbons (Fsp3) is 0.917. The van der Waals surface area contributed by atoms with Crippen LogP contribution in [0.1, 0.15) is 26.7 Å². The predicted molar refractivity (Wildman–Crippen MR) is 66.4 cm³/mol. The molecule has 0 unspecified atom stereocenters. The highest BCUT2D eigenvalue weighted by Gasteiger charge is 2.21. The number of carbonyl (C=O) groups is 1. The van der Waals surface area contributed by atoms with Crippen molar-refractivity contribution in [2.45, 2.75) is 32.7 Å². The summed E-state index contributed by atoms with van der Waals surface area (Å²) < 4.78 is 0. The summed E-state index contributed by atoms with van der Waals surface area (Å²) in [4.78, 5) is 16.3. The molecule has 0 bridgehead atoms. The number of nitrogens with one attached hydrogen (secondary N) is 1. The number of rotatable bonds is 5. The zero-order valence-corrected chi connectivity index (χ0v) is 10.8. The molecule has 1 amide bonds. The molecule has 0 aromatic heterocycles. The molecule has 94 valence electrons. The van der Waals surface area contributed by atoms with Crippen LogP contribution in [0.4, 0.5) is 0 Å². The Balaban J connectivity index is 2.22. The van der Waals surface area contributed by atoms with Crippen molar-refractivity contribution in [1.82, 2.24) is 15.1 Å². The molecule has 1 N–H and O–H groups in total. The van der Waals surface area contributed by atoms with Gasteiger partial charge in [0.1, 0.15) is 0 Å². The van der Waals surface area contributed by atoms with Crippen LogP contribution in [0.2, 0.25) is 0 Å². The van der Waals surface area contributed by atoms with E-state index >= 15 is 0 Å². The molecule has 1 fully saturated rings. The lowest BCUT2D eigenvalue weighted by Gasteiger charge is -2.37. The van der Waals surface area contributed by atoms with Crippen molar-refractivity contribution >= 4 is 5.91 Å². The fourth-order valence-corrected chi connectivity index (χ4v) is 2.06. The van der Waals surface area contributed by atoms with Crippen LogP contribution in [0.3, 0.4) is 0 Å². The average Bonchev–Trinajstić information content (AvgIpc) is 2.29. The first-order valence-corrected chi connectivity index (χ1v) is 6.31. The quantitative estimate of drug-likeness (QED) is 0.696.